The highest BCUT2D eigenvalue weighted by molar-refractivity contribution is 6.28. The van der Waals surface area contributed by atoms with E-state index in [1.807, 2.05) is 0 Å². The second-order valence-electron chi connectivity index (χ2n) is 14.0. The van der Waals surface area contributed by atoms with Gasteiger partial charge in [0.05, 0.1) is 0 Å². The summed E-state index contributed by atoms with van der Waals surface area (Å²) in [5.74, 6) is 0. The Hall–Kier alpha value is -6.70. The van der Waals surface area contributed by atoms with Gasteiger partial charge in [0, 0.05) is 16.3 Å². The Labute approximate surface area is 292 Å². The van der Waals surface area contributed by atoms with Crippen LogP contribution in [0.3, 0.4) is 0 Å². The molecule has 0 N–H and O–H groups in total. The van der Waals surface area contributed by atoms with Gasteiger partial charge in [-0.05, 0) is 116 Å². The quantitative estimate of drug-likeness (QED) is 0.171. The molecule has 0 spiro atoms. The lowest BCUT2D eigenvalue weighted by Crippen LogP contribution is -1.89. The molecule has 1 heteroatoms. The minimum absolute atomic E-state index is 0.913. The molecule has 0 unspecified atom stereocenters. The maximum absolute atomic E-state index is 6.90. The number of hydrogen-bond acceptors (Lipinski definition) is 1. The molecule has 0 aliphatic heterocycles. The normalized spacial score (nSPS) is 12.3. The SMILES string of the molecule is c1ccc2c(c1)ccc1ccc3ccc(-c4cc(-c5ccc6ccc7cccc8ccc5c6c78)c5oc6ccc7ccccc7c6c5c4)cc3c12. The average molecular weight is 645 g/mol. The van der Waals surface area contributed by atoms with E-state index in [-0.39, 0.29) is 0 Å². The van der Waals surface area contributed by atoms with Crippen LogP contribution in [-0.2, 0) is 0 Å². The molecule has 1 nitrogen and oxygen atoms in total. The van der Waals surface area contributed by atoms with Crippen molar-refractivity contribution in [2.75, 3.05) is 0 Å². The number of benzene rings is 11. The van der Waals surface area contributed by atoms with Gasteiger partial charge in [-0.25, -0.2) is 0 Å². The Morgan fingerprint density at radius 3 is 1.61 bits per heavy atom. The van der Waals surface area contributed by atoms with Crippen molar-refractivity contribution in [1.82, 2.24) is 0 Å². The molecule has 0 aliphatic carbocycles. The molecular formula is C50H28O. The van der Waals surface area contributed by atoms with Crippen molar-refractivity contribution >= 4 is 97.3 Å². The molecular weight excluding hydrogens is 617 g/mol. The van der Waals surface area contributed by atoms with E-state index in [1.54, 1.807) is 0 Å². The molecule has 12 aromatic rings. The molecule has 51 heavy (non-hydrogen) atoms. The van der Waals surface area contributed by atoms with Gasteiger partial charge in [0.25, 0.3) is 0 Å². The van der Waals surface area contributed by atoms with Crippen LogP contribution in [0.15, 0.2) is 174 Å². The summed E-state index contributed by atoms with van der Waals surface area (Å²) in [6.45, 7) is 0. The van der Waals surface area contributed by atoms with Crippen molar-refractivity contribution in [2.24, 2.45) is 0 Å². The van der Waals surface area contributed by atoms with E-state index < -0.39 is 0 Å². The first-order valence-corrected chi connectivity index (χ1v) is 17.7. The highest BCUT2D eigenvalue weighted by Crippen LogP contribution is 2.46. The zero-order valence-electron chi connectivity index (χ0n) is 27.6. The molecule has 0 bridgehead atoms. The number of hydrogen-bond donors (Lipinski definition) is 0. The van der Waals surface area contributed by atoms with Gasteiger partial charge < -0.3 is 4.42 Å². The van der Waals surface area contributed by atoms with Gasteiger partial charge in [-0.3, -0.25) is 0 Å². The fourth-order valence-corrected chi connectivity index (χ4v) is 8.99. The van der Waals surface area contributed by atoms with Crippen LogP contribution >= 0.6 is 0 Å². The third kappa shape index (κ3) is 3.75. The molecule has 0 radical (unpaired) electrons. The number of fused-ring (bicyclic) bond motifs is 10. The second kappa shape index (κ2) is 9.94. The molecule has 0 amide bonds. The third-order valence-corrected chi connectivity index (χ3v) is 11.3. The van der Waals surface area contributed by atoms with Gasteiger partial charge in [-0.15, -0.1) is 0 Å². The average Bonchev–Trinajstić information content (AvgIpc) is 3.58. The highest BCUT2D eigenvalue weighted by Gasteiger charge is 2.20. The van der Waals surface area contributed by atoms with Crippen LogP contribution in [0.25, 0.3) is 120 Å². The minimum atomic E-state index is 0.913. The number of rotatable bonds is 2. The molecule has 0 atom stereocenters. The van der Waals surface area contributed by atoms with E-state index >= 15 is 0 Å². The maximum Gasteiger partial charge on any atom is 0.143 e. The summed E-state index contributed by atoms with van der Waals surface area (Å²) in [5.41, 5.74) is 6.52. The zero-order chi connectivity index (χ0) is 33.2. The topological polar surface area (TPSA) is 13.1 Å². The van der Waals surface area contributed by atoms with Gasteiger partial charge in [0.2, 0.25) is 0 Å². The smallest absolute Gasteiger partial charge is 0.143 e. The van der Waals surface area contributed by atoms with Crippen LogP contribution in [0.5, 0.6) is 0 Å². The summed E-state index contributed by atoms with van der Waals surface area (Å²) in [5, 5.41) is 20.1. The van der Waals surface area contributed by atoms with Crippen molar-refractivity contribution in [3.63, 3.8) is 0 Å². The third-order valence-electron chi connectivity index (χ3n) is 11.3. The van der Waals surface area contributed by atoms with Gasteiger partial charge in [0.15, 0.2) is 0 Å². The van der Waals surface area contributed by atoms with Crippen LogP contribution in [0.2, 0.25) is 0 Å². The minimum Gasteiger partial charge on any atom is -0.455 e. The predicted octanol–water partition coefficient (Wildman–Crippen LogP) is 14.4. The first-order valence-electron chi connectivity index (χ1n) is 17.7. The largest absolute Gasteiger partial charge is 0.455 e. The van der Waals surface area contributed by atoms with Crippen molar-refractivity contribution in [1.29, 1.82) is 0 Å². The van der Waals surface area contributed by atoms with E-state index in [2.05, 4.69) is 170 Å². The summed E-state index contributed by atoms with van der Waals surface area (Å²) >= 11 is 0. The van der Waals surface area contributed by atoms with Crippen LogP contribution in [0.1, 0.15) is 0 Å². The Morgan fingerprint density at radius 2 is 0.824 bits per heavy atom. The van der Waals surface area contributed by atoms with Gasteiger partial charge in [-0.1, -0.05) is 146 Å². The second-order valence-corrected chi connectivity index (χ2v) is 14.0. The summed E-state index contributed by atoms with van der Waals surface area (Å²) in [6.07, 6.45) is 0. The van der Waals surface area contributed by atoms with E-state index in [1.165, 1.54) is 97.5 Å². The molecule has 0 saturated heterocycles. The lowest BCUT2D eigenvalue weighted by atomic mass is 9.88. The standard InChI is InChI=1S/C50H28O/c1-3-10-38-29(6-1)12-15-34-16-13-31-14-19-36(26-42(31)47(34)38)37-27-43(50-44(28-37)49-39-11-4-2-7-30(39)22-25-45(49)51-50)40-23-20-35-18-17-32-8-5-9-33-21-24-41(40)48(35)46(32)33/h1-28H. The Kier molecular flexibility index (Phi) is 5.29. The lowest BCUT2D eigenvalue weighted by Gasteiger charge is -2.15. The van der Waals surface area contributed by atoms with Crippen molar-refractivity contribution < 1.29 is 4.42 Å². The van der Waals surface area contributed by atoms with E-state index in [0.717, 1.165) is 22.1 Å². The molecule has 1 heterocycles. The summed E-state index contributed by atoms with van der Waals surface area (Å²) in [7, 11) is 0. The molecule has 0 fully saturated rings. The van der Waals surface area contributed by atoms with Gasteiger partial charge in [-0.2, -0.15) is 0 Å². The Bertz CT molecular complexity index is 3400. The molecule has 1 aromatic heterocycles. The summed E-state index contributed by atoms with van der Waals surface area (Å²) < 4.78 is 6.90. The van der Waals surface area contributed by atoms with Gasteiger partial charge in [0.1, 0.15) is 11.2 Å². The maximum atomic E-state index is 6.90. The fourth-order valence-electron chi connectivity index (χ4n) is 8.99. The highest BCUT2D eigenvalue weighted by atomic mass is 16.3. The van der Waals surface area contributed by atoms with Crippen molar-refractivity contribution in [3.05, 3.63) is 170 Å². The molecule has 11 aromatic carbocycles. The lowest BCUT2D eigenvalue weighted by molar-refractivity contribution is 0.670. The van der Waals surface area contributed by atoms with Crippen LogP contribution < -0.4 is 0 Å². The van der Waals surface area contributed by atoms with Crippen molar-refractivity contribution in [2.45, 2.75) is 0 Å². The Balaban J connectivity index is 1.22. The van der Waals surface area contributed by atoms with Crippen molar-refractivity contribution in [3.8, 4) is 22.3 Å². The van der Waals surface area contributed by atoms with Gasteiger partial charge >= 0.3 is 0 Å². The summed E-state index contributed by atoms with van der Waals surface area (Å²) in [4.78, 5) is 0. The zero-order valence-corrected chi connectivity index (χ0v) is 27.6. The van der Waals surface area contributed by atoms with Crippen LogP contribution in [0.4, 0.5) is 0 Å². The van der Waals surface area contributed by atoms with Crippen LogP contribution in [-0.4, -0.2) is 0 Å². The van der Waals surface area contributed by atoms with E-state index in [0.29, 0.717) is 0 Å². The van der Waals surface area contributed by atoms with E-state index in [9.17, 15) is 0 Å². The monoisotopic (exact) mass is 644 g/mol. The first kappa shape index (κ1) is 27.2. The molecule has 12 rings (SSSR count). The predicted molar refractivity (Wildman–Crippen MR) is 218 cm³/mol. The first-order chi connectivity index (χ1) is 25.3. The molecule has 0 aliphatic rings. The van der Waals surface area contributed by atoms with Crippen LogP contribution in [0, 0.1) is 0 Å². The Morgan fingerprint density at radius 1 is 0.275 bits per heavy atom. The summed E-state index contributed by atoms with van der Waals surface area (Å²) in [6, 6.07) is 62.7. The molecule has 0 saturated carbocycles. The fraction of sp³-hybridized carbons (Fsp3) is 0. The number of furan rings is 1. The van der Waals surface area contributed by atoms with E-state index in [4.69, 9.17) is 4.42 Å². The molecule has 234 valence electrons.